The smallest absolute Gasteiger partial charge is 0.256 e. The molecule has 2 heterocycles. The summed E-state index contributed by atoms with van der Waals surface area (Å²) in [5.41, 5.74) is 1.33. The molecule has 0 spiro atoms. The fraction of sp³-hybridized carbons (Fsp3) is 0. The Morgan fingerprint density at radius 2 is 1.64 bits per heavy atom. The first-order chi connectivity index (χ1) is 13.7. The van der Waals surface area contributed by atoms with Gasteiger partial charge in [-0.05, 0) is 77.2 Å². The number of carbonyl (C=O) groups excluding carboxylic acids is 1. The van der Waals surface area contributed by atoms with Crippen LogP contribution in [0.5, 0.6) is 11.6 Å². The van der Waals surface area contributed by atoms with Gasteiger partial charge in [-0.3, -0.25) is 4.79 Å². The number of hydrogen-bond acceptors (Lipinski definition) is 4. The van der Waals surface area contributed by atoms with E-state index in [1.54, 1.807) is 36.4 Å². The summed E-state index contributed by atoms with van der Waals surface area (Å²) in [7, 11) is 0. The van der Waals surface area contributed by atoms with Gasteiger partial charge in [0.15, 0.2) is 5.82 Å². The van der Waals surface area contributed by atoms with E-state index >= 15 is 0 Å². The summed E-state index contributed by atoms with van der Waals surface area (Å²) in [6.07, 6.45) is 3.79. The van der Waals surface area contributed by atoms with Crippen molar-refractivity contribution in [1.29, 1.82) is 0 Å². The van der Waals surface area contributed by atoms with E-state index in [2.05, 4.69) is 38.1 Å². The Balaban J connectivity index is 1.41. The van der Waals surface area contributed by atoms with Crippen LogP contribution < -0.4 is 10.1 Å². The molecule has 0 atom stereocenters. The van der Waals surface area contributed by atoms with Gasteiger partial charge in [0.1, 0.15) is 5.75 Å². The van der Waals surface area contributed by atoms with Gasteiger partial charge in [-0.15, -0.1) is 10.2 Å². The summed E-state index contributed by atoms with van der Waals surface area (Å²) in [6, 6.07) is 22.0. The first-order valence-electron chi connectivity index (χ1n) is 8.50. The van der Waals surface area contributed by atoms with Gasteiger partial charge in [0, 0.05) is 27.7 Å². The number of amides is 1. The Hall–Kier alpha value is -3.20. The van der Waals surface area contributed by atoms with Crippen molar-refractivity contribution in [2.75, 3.05) is 5.32 Å². The number of nitrogens with one attached hydrogen (secondary N) is 1. The van der Waals surface area contributed by atoms with Crippen molar-refractivity contribution < 1.29 is 9.53 Å². The zero-order valence-electron chi connectivity index (χ0n) is 14.6. The predicted molar refractivity (Wildman–Crippen MR) is 115 cm³/mol. The molecule has 1 amide bonds. The van der Waals surface area contributed by atoms with E-state index in [1.165, 1.54) is 0 Å². The molecule has 0 saturated carbocycles. The summed E-state index contributed by atoms with van der Waals surface area (Å²) in [6.45, 7) is 0. The molecular formula is C21H15IN4O2. The minimum atomic E-state index is -0.148. The minimum absolute atomic E-state index is 0.148. The lowest BCUT2D eigenvalue weighted by molar-refractivity contribution is 0.102. The van der Waals surface area contributed by atoms with Crippen molar-refractivity contribution in [2.45, 2.75) is 0 Å². The van der Waals surface area contributed by atoms with Crippen molar-refractivity contribution in [2.24, 2.45) is 0 Å². The Morgan fingerprint density at radius 3 is 2.32 bits per heavy atom. The van der Waals surface area contributed by atoms with Gasteiger partial charge in [-0.2, -0.15) is 0 Å². The summed E-state index contributed by atoms with van der Waals surface area (Å²) in [5, 5.41) is 11.1. The van der Waals surface area contributed by atoms with Gasteiger partial charge in [0.05, 0.1) is 5.56 Å². The van der Waals surface area contributed by atoms with Crippen molar-refractivity contribution in [3.63, 3.8) is 0 Å². The van der Waals surface area contributed by atoms with E-state index in [9.17, 15) is 4.79 Å². The van der Waals surface area contributed by atoms with Gasteiger partial charge < -0.3 is 14.6 Å². The first-order valence-corrected chi connectivity index (χ1v) is 9.58. The Morgan fingerprint density at radius 1 is 0.893 bits per heavy atom. The third-order valence-electron chi connectivity index (χ3n) is 3.95. The summed E-state index contributed by atoms with van der Waals surface area (Å²) in [5.74, 6) is 1.57. The predicted octanol–water partition coefficient (Wildman–Crippen LogP) is 4.92. The molecule has 28 heavy (non-hydrogen) atoms. The summed E-state index contributed by atoms with van der Waals surface area (Å²) in [4.78, 5) is 12.4. The van der Waals surface area contributed by atoms with Crippen LogP contribution in [0.4, 0.5) is 5.69 Å². The lowest BCUT2D eigenvalue weighted by Crippen LogP contribution is -2.13. The van der Waals surface area contributed by atoms with Crippen LogP contribution in [0, 0.1) is 3.57 Å². The highest BCUT2D eigenvalue weighted by atomic mass is 127. The van der Waals surface area contributed by atoms with Gasteiger partial charge in [-0.25, -0.2) is 0 Å². The minimum Gasteiger partial charge on any atom is -0.438 e. The number of rotatable bonds is 5. The Bertz CT molecular complexity index is 1080. The topological polar surface area (TPSA) is 69.0 Å². The van der Waals surface area contributed by atoms with Gasteiger partial charge in [0.25, 0.3) is 5.91 Å². The van der Waals surface area contributed by atoms with Crippen LogP contribution in [0.2, 0.25) is 0 Å². The number of ether oxygens (including phenoxy) is 1. The molecule has 0 aliphatic carbocycles. The van der Waals surface area contributed by atoms with Crippen LogP contribution in [-0.4, -0.2) is 20.7 Å². The van der Waals surface area contributed by atoms with Crippen LogP contribution in [0.3, 0.4) is 0 Å². The van der Waals surface area contributed by atoms with Gasteiger partial charge in [-0.1, -0.05) is 12.1 Å². The van der Waals surface area contributed by atoms with E-state index in [-0.39, 0.29) is 5.91 Å². The largest absolute Gasteiger partial charge is 0.438 e. The van der Waals surface area contributed by atoms with E-state index in [0.717, 1.165) is 3.57 Å². The molecular weight excluding hydrogens is 467 g/mol. The highest BCUT2D eigenvalue weighted by molar-refractivity contribution is 14.1. The maximum atomic E-state index is 12.4. The number of carbonyl (C=O) groups is 1. The average molecular weight is 482 g/mol. The average Bonchev–Trinajstić information content (AvgIpc) is 3.25. The summed E-state index contributed by atoms with van der Waals surface area (Å²) < 4.78 is 8.48. The second-order valence-corrected chi connectivity index (χ2v) is 7.04. The maximum absolute atomic E-state index is 12.4. The van der Waals surface area contributed by atoms with Crippen LogP contribution in [-0.2, 0) is 0 Å². The molecule has 138 valence electrons. The zero-order chi connectivity index (χ0) is 19.3. The number of halogens is 1. The lowest BCUT2D eigenvalue weighted by atomic mass is 10.2. The quantitative estimate of drug-likeness (QED) is 0.411. The number of hydrogen-bond donors (Lipinski definition) is 1. The van der Waals surface area contributed by atoms with E-state index in [1.807, 2.05) is 53.4 Å². The molecule has 0 bridgehead atoms. The van der Waals surface area contributed by atoms with Crippen molar-refractivity contribution in [3.05, 3.63) is 94.3 Å². The van der Waals surface area contributed by atoms with Crippen molar-refractivity contribution >= 4 is 34.2 Å². The molecule has 4 rings (SSSR count). The van der Waals surface area contributed by atoms with E-state index in [4.69, 9.17) is 4.74 Å². The highest BCUT2D eigenvalue weighted by Gasteiger charge is 2.09. The fourth-order valence-electron chi connectivity index (χ4n) is 2.56. The molecule has 4 aromatic rings. The Labute approximate surface area is 175 Å². The molecule has 2 aromatic heterocycles. The van der Waals surface area contributed by atoms with Crippen molar-refractivity contribution in [1.82, 2.24) is 14.8 Å². The molecule has 2 aromatic carbocycles. The van der Waals surface area contributed by atoms with Crippen LogP contribution >= 0.6 is 22.6 Å². The van der Waals surface area contributed by atoms with E-state index in [0.29, 0.717) is 28.7 Å². The van der Waals surface area contributed by atoms with Gasteiger partial charge in [0.2, 0.25) is 5.88 Å². The van der Waals surface area contributed by atoms with E-state index < -0.39 is 0 Å². The molecule has 0 aliphatic rings. The van der Waals surface area contributed by atoms with Gasteiger partial charge >= 0.3 is 0 Å². The third-order valence-corrected chi connectivity index (χ3v) is 4.89. The normalized spacial score (nSPS) is 10.5. The van der Waals surface area contributed by atoms with Crippen LogP contribution in [0.25, 0.3) is 5.82 Å². The molecule has 0 aliphatic heterocycles. The fourth-order valence-corrected chi connectivity index (χ4v) is 3.20. The molecule has 0 fully saturated rings. The molecule has 0 radical (unpaired) electrons. The zero-order valence-corrected chi connectivity index (χ0v) is 16.8. The second kappa shape index (κ2) is 8.22. The number of aromatic nitrogens is 3. The maximum Gasteiger partial charge on any atom is 0.256 e. The first kappa shape index (κ1) is 18.2. The molecule has 1 N–H and O–H groups in total. The Kier molecular flexibility index (Phi) is 5.34. The molecule has 7 heteroatoms. The standard InChI is InChI=1S/C21H15IN4O2/c22-18-6-2-1-5-17(18)21(27)23-15-7-9-16(10-8-15)28-20-12-11-19(24-25-20)26-13-3-4-14-26/h1-14H,(H,23,27). The summed E-state index contributed by atoms with van der Waals surface area (Å²) >= 11 is 2.15. The SMILES string of the molecule is O=C(Nc1ccc(Oc2ccc(-n3cccc3)nn2)cc1)c1ccccc1I. The molecule has 0 unspecified atom stereocenters. The highest BCUT2D eigenvalue weighted by Crippen LogP contribution is 2.22. The lowest BCUT2D eigenvalue weighted by Gasteiger charge is -2.09. The monoisotopic (exact) mass is 482 g/mol. The third kappa shape index (κ3) is 4.20. The molecule has 0 saturated heterocycles. The number of anilines is 1. The second-order valence-electron chi connectivity index (χ2n) is 5.88. The van der Waals surface area contributed by atoms with Crippen LogP contribution in [0.15, 0.2) is 85.2 Å². The van der Waals surface area contributed by atoms with Crippen molar-refractivity contribution in [3.8, 4) is 17.4 Å². The molecule has 6 nitrogen and oxygen atoms in total. The number of benzene rings is 2. The van der Waals surface area contributed by atoms with Crippen LogP contribution in [0.1, 0.15) is 10.4 Å². The number of nitrogens with zero attached hydrogens (tertiary/aromatic N) is 3.